The minimum atomic E-state index is -3.70. The molecule has 0 amide bonds. The Balaban J connectivity index is 2.92. The zero-order valence-corrected chi connectivity index (χ0v) is 9.88. The number of rotatable bonds is 5. The van der Waals surface area contributed by atoms with Crippen molar-refractivity contribution in [3.8, 4) is 0 Å². The minimum absolute atomic E-state index is 0.0422. The summed E-state index contributed by atoms with van der Waals surface area (Å²) in [7, 11) is -3.70. The first-order valence-electron chi connectivity index (χ1n) is 4.70. The second-order valence-electron chi connectivity index (χ2n) is 3.72. The molecule has 90 valence electrons. The molecule has 0 aliphatic carbocycles. The van der Waals surface area contributed by atoms with Crippen molar-refractivity contribution in [2.75, 3.05) is 0 Å². The van der Waals surface area contributed by atoms with Gasteiger partial charge in [-0.05, 0) is 12.0 Å². The van der Waals surface area contributed by atoms with E-state index < -0.39 is 16.1 Å². The van der Waals surface area contributed by atoms with Crippen LogP contribution in [-0.4, -0.2) is 30.5 Å². The van der Waals surface area contributed by atoms with E-state index in [1.54, 1.807) is 13.8 Å². The van der Waals surface area contributed by atoms with Gasteiger partial charge in [-0.15, -0.1) is 0 Å². The van der Waals surface area contributed by atoms with E-state index >= 15 is 0 Å². The maximum Gasteiger partial charge on any atom is 0.258 e. The third kappa shape index (κ3) is 2.80. The highest BCUT2D eigenvalue weighted by atomic mass is 32.2. The fraction of sp³-hybridized carbons (Fsp3) is 0.500. The molecular formula is C8H15N5O2S. The van der Waals surface area contributed by atoms with E-state index in [1.807, 2.05) is 0 Å². The normalized spacial score (nSPS) is 13.9. The number of nitrogens with two attached hydrogens (primary N) is 1. The lowest BCUT2D eigenvalue weighted by molar-refractivity contribution is 0.520. The Bertz CT molecular complexity index is 451. The van der Waals surface area contributed by atoms with Crippen LogP contribution in [0.3, 0.4) is 0 Å². The zero-order valence-electron chi connectivity index (χ0n) is 9.06. The van der Waals surface area contributed by atoms with Gasteiger partial charge in [-0.1, -0.05) is 13.8 Å². The first-order chi connectivity index (χ1) is 7.34. The molecular weight excluding hydrogens is 230 g/mol. The van der Waals surface area contributed by atoms with Crippen molar-refractivity contribution in [1.29, 1.82) is 5.41 Å². The number of hydrogen-bond acceptors (Lipinski definition) is 4. The van der Waals surface area contributed by atoms with Gasteiger partial charge in [0.2, 0.25) is 0 Å². The fourth-order valence-corrected chi connectivity index (χ4v) is 2.46. The highest BCUT2D eigenvalue weighted by Crippen LogP contribution is 2.08. The molecule has 5 N–H and O–H groups in total. The van der Waals surface area contributed by atoms with E-state index in [2.05, 4.69) is 14.9 Å². The van der Waals surface area contributed by atoms with Crippen LogP contribution in [0.1, 0.15) is 13.8 Å². The molecule has 1 atom stereocenters. The number of hydrogen-bond donors (Lipinski definition) is 4. The summed E-state index contributed by atoms with van der Waals surface area (Å²) in [6.07, 6.45) is 1.34. The Hall–Kier alpha value is -1.41. The Morgan fingerprint density at radius 3 is 2.62 bits per heavy atom. The van der Waals surface area contributed by atoms with Crippen LogP contribution in [0.25, 0.3) is 0 Å². The van der Waals surface area contributed by atoms with E-state index in [9.17, 15) is 8.42 Å². The number of aromatic amines is 1. The van der Waals surface area contributed by atoms with Gasteiger partial charge in [0.05, 0.1) is 12.2 Å². The average molecular weight is 245 g/mol. The van der Waals surface area contributed by atoms with Gasteiger partial charge in [0, 0.05) is 0 Å². The Morgan fingerprint density at radius 1 is 1.62 bits per heavy atom. The van der Waals surface area contributed by atoms with E-state index in [0.717, 1.165) is 0 Å². The van der Waals surface area contributed by atoms with Gasteiger partial charge in [-0.25, -0.2) is 8.42 Å². The topological polar surface area (TPSA) is 125 Å². The summed E-state index contributed by atoms with van der Waals surface area (Å²) < 4.78 is 25.9. The molecule has 0 aliphatic heterocycles. The lowest BCUT2D eigenvalue weighted by Gasteiger charge is -2.20. The second kappa shape index (κ2) is 4.62. The lowest BCUT2D eigenvalue weighted by Crippen LogP contribution is -2.47. The number of amidine groups is 1. The van der Waals surface area contributed by atoms with Crippen molar-refractivity contribution < 1.29 is 8.42 Å². The van der Waals surface area contributed by atoms with E-state index in [-0.39, 0.29) is 16.8 Å². The van der Waals surface area contributed by atoms with Crippen molar-refractivity contribution in [3.05, 3.63) is 12.3 Å². The zero-order chi connectivity index (χ0) is 12.3. The van der Waals surface area contributed by atoms with Gasteiger partial charge in [-0.2, -0.15) is 9.82 Å². The molecule has 0 bridgehead atoms. The van der Waals surface area contributed by atoms with Gasteiger partial charge in [0.25, 0.3) is 10.0 Å². The number of sulfonamides is 1. The maximum absolute atomic E-state index is 11.8. The summed E-state index contributed by atoms with van der Waals surface area (Å²) in [6, 6.07) is 0.619. The molecule has 1 aromatic rings. The lowest BCUT2D eigenvalue weighted by atomic mass is 10.1. The number of nitrogens with one attached hydrogen (secondary N) is 3. The van der Waals surface area contributed by atoms with Crippen molar-refractivity contribution in [2.45, 2.75) is 24.9 Å². The third-order valence-electron chi connectivity index (χ3n) is 2.05. The molecule has 0 aromatic carbocycles. The average Bonchev–Trinajstić information content (AvgIpc) is 2.66. The van der Waals surface area contributed by atoms with Crippen LogP contribution in [0, 0.1) is 11.3 Å². The first-order valence-corrected chi connectivity index (χ1v) is 6.18. The maximum atomic E-state index is 11.8. The predicted molar refractivity (Wildman–Crippen MR) is 59.4 cm³/mol. The van der Waals surface area contributed by atoms with Gasteiger partial charge in [-0.3, -0.25) is 10.5 Å². The summed E-state index contributed by atoms with van der Waals surface area (Å²) >= 11 is 0. The molecule has 1 heterocycles. The fourth-order valence-electron chi connectivity index (χ4n) is 1.18. The van der Waals surface area contributed by atoms with Crippen LogP contribution in [0.4, 0.5) is 0 Å². The van der Waals surface area contributed by atoms with Crippen LogP contribution in [0.5, 0.6) is 0 Å². The van der Waals surface area contributed by atoms with Crippen molar-refractivity contribution in [1.82, 2.24) is 14.9 Å². The van der Waals surface area contributed by atoms with Crippen LogP contribution in [0.15, 0.2) is 17.3 Å². The minimum Gasteiger partial charge on any atom is -0.386 e. The SMILES string of the molecule is CC(C)C(NS(=O)(=O)c1ccn[nH]1)C(=N)N. The summed E-state index contributed by atoms with van der Waals surface area (Å²) in [6.45, 7) is 3.56. The first kappa shape index (κ1) is 12.7. The standard InChI is InChI=1S/C8H15N5O2S/c1-5(2)7(8(9)10)13-16(14,15)6-3-4-11-12-6/h3-5,7,13H,1-2H3,(H3,9,10)(H,11,12). The molecule has 0 saturated heterocycles. The van der Waals surface area contributed by atoms with Crippen LogP contribution in [-0.2, 0) is 10.0 Å². The Labute approximate surface area is 94.0 Å². The molecule has 1 rings (SSSR count). The highest BCUT2D eigenvalue weighted by Gasteiger charge is 2.25. The predicted octanol–water partition coefficient (Wildman–Crippen LogP) is -0.351. The van der Waals surface area contributed by atoms with Gasteiger partial charge in [0.1, 0.15) is 5.84 Å². The molecule has 1 unspecified atom stereocenters. The molecule has 0 aliphatic rings. The molecule has 8 heteroatoms. The van der Waals surface area contributed by atoms with Crippen molar-refractivity contribution >= 4 is 15.9 Å². The van der Waals surface area contributed by atoms with Crippen LogP contribution >= 0.6 is 0 Å². The monoisotopic (exact) mass is 245 g/mol. The van der Waals surface area contributed by atoms with Crippen molar-refractivity contribution in [3.63, 3.8) is 0 Å². The van der Waals surface area contributed by atoms with E-state index in [0.29, 0.717) is 0 Å². The molecule has 0 spiro atoms. The number of H-pyrrole nitrogens is 1. The van der Waals surface area contributed by atoms with Crippen LogP contribution < -0.4 is 10.5 Å². The number of aromatic nitrogens is 2. The molecule has 0 radical (unpaired) electrons. The van der Waals surface area contributed by atoms with Gasteiger partial charge >= 0.3 is 0 Å². The Kier molecular flexibility index (Phi) is 3.66. The van der Waals surface area contributed by atoms with Crippen molar-refractivity contribution in [2.24, 2.45) is 11.7 Å². The Morgan fingerprint density at radius 2 is 2.25 bits per heavy atom. The largest absolute Gasteiger partial charge is 0.386 e. The summed E-state index contributed by atoms with van der Waals surface area (Å²) in [5, 5.41) is 13.2. The van der Waals surface area contributed by atoms with Gasteiger partial charge in [0.15, 0.2) is 5.03 Å². The summed E-state index contributed by atoms with van der Waals surface area (Å²) in [5.74, 6) is -0.312. The quantitative estimate of drug-likeness (QED) is 0.418. The summed E-state index contributed by atoms with van der Waals surface area (Å²) in [5.41, 5.74) is 5.33. The molecule has 7 nitrogen and oxygen atoms in total. The molecule has 0 fully saturated rings. The smallest absolute Gasteiger partial charge is 0.258 e. The third-order valence-corrected chi connectivity index (χ3v) is 3.42. The molecule has 16 heavy (non-hydrogen) atoms. The number of nitrogens with zero attached hydrogens (tertiary/aromatic N) is 1. The second-order valence-corrected chi connectivity index (χ2v) is 5.40. The van der Waals surface area contributed by atoms with Gasteiger partial charge < -0.3 is 5.73 Å². The highest BCUT2D eigenvalue weighted by molar-refractivity contribution is 7.89. The van der Waals surface area contributed by atoms with E-state index in [1.165, 1.54) is 12.3 Å². The molecule has 1 aromatic heterocycles. The summed E-state index contributed by atoms with van der Waals surface area (Å²) in [4.78, 5) is 0. The van der Waals surface area contributed by atoms with Crippen LogP contribution in [0.2, 0.25) is 0 Å². The van der Waals surface area contributed by atoms with E-state index in [4.69, 9.17) is 11.1 Å². The molecule has 0 saturated carbocycles.